The summed E-state index contributed by atoms with van der Waals surface area (Å²) in [5.41, 5.74) is 3.09. The summed E-state index contributed by atoms with van der Waals surface area (Å²) in [6, 6.07) is 16.2. The number of urea groups is 1. The molecule has 36 heavy (non-hydrogen) atoms. The van der Waals surface area contributed by atoms with Crippen LogP contribution in [0.4, 0.5) is 16.3 Å². The second-order valence-corrected chi connectivity index (χ2v) is 10.1. The number of hydrogen-bond acceptors (Lipinski definition) is 4. The summed E-state index contributed by atoms with van der Waals surface area (Å²) in [4.78, 5) is 27.6. The number of para-hydroxylation sites is 1. The highest BCUT2D eigenvalue weighted by Crippen LogP contribution is 2.27. The van der Waals surface area contributed by atoms with Crippen LogP contribution < -0.4 is 10.6 Å². The average Bonchev–Trinajstić information content (AvgIpc) is 3.23. The van der Waals surface area contributed by atoms with Gasteiger partial charge in [0, 0.05) is 42.5 Å². The summed E-state index contributed by atoms with van der Waals surface area (Å²) in [6.45, 7) is 8.88. The van der Waals surface area contributed by atoms with Crippen LogP contribution in [0.15, 0.2) is 54.6 Å². The fourth-order valence-electron chi connectivity index (χ4n) is 3.60. The number of aryl methyl sites for hydroxylation is 1. The number of rotatable bonds is 9. The molecule has 0 aliphatic rings. The van der Waals surface area contributed by atoms with E-state index >= 15 is 0 Å². The van der Waals surface area contributed by atoms with Gasteiger partial charge in [0.2, 0.25) is 5.91 Å². The molecule has 3 rings (SSSR count). The van der Waals surface area contributed by atoms with Gasteiger partial charge >= 0.3 is 6.03 Å². The second-order valence-electron chi connectivity index (χ2n) is 9.62. The van der Waals surface area contributed by atoms with E-state index in [9.17, 15) is 9.59 Å². The normalized spacial score (nSPS) is 11.3. The lowest BCUT2D eigenvalue weighted by Crippen LogP contribution is -2.41. The number of benzene rings is 2. The third-order valence-electron chi connectivity index (χ3n) is 5.56. The van der Waals surface area contributed by atoms with E-state index in [1.54, 1.807) is 36.1 Å². The molecule has 0 fully saturated rings. The van der Waals surface area contributed by atoms with Crippen LogP contribution in [0.1, 0.15) is 38.4 Å². The Balaban J connectivity index is 1.81. The van der Waals surface area contributed by atoms with Crippen LogP contribution in [-0.4, -0.2) is 53.4 Å². The first kappa shape index (κ1) is 27.2. The molecule has 0 radical (unpaired) electrons. The maximum atomic E-state index is 13.2. The zero-order valence-electron chi connectivity index (χ0n) is 21.5. The molecule has 0 aliphatic carbocycles. The zero-order chi connectivity index (χ0) is 26.3. The molecule has 3 aromatic rings. The van der Waals surface area contributed by atoms with Crippen LogP contribution in [0.25, 0.3) is 5.69 Å². The zero-order valence-corrected chi connectivity index (χ0v) is 22.2. The molecule has 9 heteroatoms. The molecule has 0 saturated heterocycles. The molecule has 0 bridgehead atoms. The number of hydrogen-bond donors (Lipinski definition) is 2. The Labute approximate surface area is 217 Å². The molecule has 1 aromatic heterocycles. The van der Waals surface area contributed by atoms with Crippen LogP contribution in [0.3, 0.4) is 0 Å². The summed E-state index contributed by atoms with van der Waals surface area (Å²) in [6.07, 6.45) is 0.585. The van der Waals surface area contributed by atoms with Gasteiger partial charge in [-0.1, -0.05) is 56.6 Å². The van der Waals surface area contributed by atoms with Gasteiger partial charge in [-0.3, -0.25) is 4.79 Å². The summed E-state index contributed by atoms with van der Waals surface area (Å²) in [5.74, 6) is 0.218. The van der Waals surface area contributed by atoms with E-state index in [1.807, 2.05) is 37.3 Å². The highest BCUT2D eigenvalue weighted by Gasteiger charge is 2.23. The Hall–Kier alpha value is -3.36. The molecule has 0 atom stereocenters. The molecule has 0 saturated carbocycles. The van der Waals surface area contributed by atoms with Crippen LogP contribution in [-0.2, 0) is 14.9 Å². The SMILES string of the molecule is COCCCN(CC(=O)Nc1cc(C(C)(C)C)nn1-c1ccccc1C)C(=O)Nc1cccc(Cl)c1. The Morgan fingerprint density at radius 1 is 1.08 bits per heavy atom. The number of aromatic nitrogens is 2. The van der Waals surface area contributed by atoms with Gasteiger partial charge in [-0.25, -0.2) is 9.48 Å². The fraction of sp³-hybridized carbons (Fsp3) is 0.370. The van der Waals surface area contributed by atoms with Crippen molar-refractivity contribution in [3.63, 3.8) is 0 Å². The van der Waals surface area contributed by atoms with Gasteiger partial charge < -0.3 is 20.3 Å². The average molecular weight is 512 g/mol. The van der Waals surface area contributed by atoms with Gasteiger partial charge in [-0.05, 0) is 43.2 Å². The van der Waals surface area contributed by atoms with Gasteiger partial charge in [-0.2, -0.15) is 5.10 Å². The van der Waals surface area contributed by atoms with Crippen molar-refractivity contribution in [3.8, 4) is 5.69 Å². The van der Waals surface area contributed by atoms with E-state index in [4.69, 9.17) is 21.4 Å². The van der Waals surface area contributed by atoms with Crippen molar-refractivity contribution in [1.82, 2.24) is 14.7 Å². The predicted octanol–water partition coefficient (Wildman–Crippen LogP) is 5.64. The predicted molar refractivity (Wildman–Crippen MR) is 144 cm³/mol. The Bertz CT molecular complexity index is 1200. The Morgan fingerprint density at radius 3 is 2.50 bits per heavy atom. The van der Waals surface area contributed by atoms with Crippen LogP contribution in [0.2, 0.25) is 5.02 Å². The lowest BCUT2D eigenvalue weighted by molar-refractivity contribution is -0.116. The van der Waals surface area contributed by atoms with Crippen molar-refractivity contribution in [2.24, 2.45) is 0 Å². The molecule has 0 aliphatic heterocycles. The van der Waals surface area contributed by atoms with E-state index in [0.29, 0.717) is 36.1 Å². The third-order valence-corrected chi connectivity index (χ3v) is 5.80. The van der Waals surface area contributed by atoms with Crippen molar-refractivity contribution >= 4 is 35.0 Å². The van der Waals surface area contributed by atoms with Crippen molar-refractivity contribution < 1.29 is 14.3 Å². The molecular formula is C27H34ClN5O3. The fourth-order valence-corrected chi connectivity index (χ4v) is 3.79. The third kappa shape index (κ3) is 7.32. The van der Waals surface area contributed by atoms with Crippen molar-refractivity contribution in [2.75, 3.05) is 37.4 Å². The topological polar surface area (TPSA) is 88.5 Å². The first-order chi connectivity index (χ1) is 17.1. The number of amides is 3. The first-order valence-corrected chi connectivity index (χ1v) is 12.2. The number of halogens is 1. The second kappa shape index (κ2) is 12.1. The smallest absolute Gasteiger partial charge is 0.322 e. The van der Waals surface area contributed by atoms with Crippen LogP contribution in [0.5, 0.6) is 0 Å². The molecule has 0 unspecified atom stereocenters. The Morgan fingerprint density at radius 2 is 1.83 bits per heavy atom. The number of ether oxygens (including phenoxy) is 1. The molecule has 192 valence electrons. The van der Waals surface area contributed by atoms with Gasteiger partial charge in [-0.15, -0.1) is 0 Å². The van der Waals surface area contributed by atoms with E-state index in [1.165, 1.54) is 4.90 Å². The van der Waals surface area contributed by atoms with E-state index in [-0.39, 0.29) is 17.9 Å². The molecule has 0 spiro atoms. The Kier molecular flexibility index (Phi) is 9.12. The van der Waals surface area contributed by atoms with Crippen molar-refractivity contribution in [2.45, 2.75) is 39.5 Å². The first-order valence-electron chi connectivity index (χ1n) is 11.9. The minimum absolute atomic E-state index is 0.139. The maximum Gasteiger partial charge on any atom is 0.322 e. The summed E-state index contributed by atoms with van der Waals surface area (Å²) in [5, 5.41) is 11.1. The number of anilines is 2. The number of nitrogens with one attached hydrogen (secondary N) is 2. The van der Waals surface area contributed by atoms with E-state index < -0.39 is 6.03 Å². The maximum absolute atomic E-state index is 13.2. The molecule has 2 aromatic carbocycles. The highest BCUT2D eigenvalue weighted by molar-refractivity contribution is 6.30. The van der Waals surface area contributed by atoms with Crippen LogP contribution >= 0.6 is 11.6 Å². The van der Waals surface area contributed by atoms with Crippen LogP contribution in [0, 0.1) is 6.92 Å². The number of carbonyl (C=O) groups excluding carboxylic acids is 2. The molecule has 3 amide bonds. The standard InChI is InChI=1S/C27H34ClN5O3/c1-19-10-6-7-13-22(19)33-24(17-23(31-33)27(2,3)4)30-25(34)18-32(14-9-15-36-5)26(35)29-21-12-8-11-20(28)16-21/h6-8,10-13,16-17H,9,14-15,18H2,1-5H3,(H,29,35)(H,30,34). The molecule has 2 N–H and O–H groups in total. The molecule has 1 heterocycles. The minimum atomic E-state index is -0.397. The monoisotopic (exact) mass is 511 g/mol. The van der Waals surface area contributed by atoms with Crippen molar-refractivity contribution in [1.29, 1.82) is 0 Å². The summed E-state index contributed by atoms with van der Waals surface area (Å²) in [7, 11) is 1.60. The number of carbonyl (C=O) groups is 2. The minimum Gasteiger partial charge on any atom is -0.385 e. The van der Waals surface area contributed by atoms with E-state index in [0.717, 1.165) is 16.9 Å². The highest BCUT2D eigenvalue weighted by atomic mass is 35.5. The molecular weight excluding hydrogens is 478 g/mol. The van der Waals surface area contributed by atoms with E-state index in [2.05, 4.69) is 31.4 Å². The largest absolute Gasteiger partial charge is 0.385 e. The summed E-state index contributed by atoms with van der Waals surface area (Å²) < 4.78 is 6.87. The molecule has 8 nitrogen and oxygen atoms in total. The van der Waals surface area contributed by atoms with Gasteiger partial charge in [0.15, 0.2) is 0 Å². The number of methoxy groups -OCH3 is 1. The quantitative estimate of drug-likeness (QED) is 0.364. The lowest BCUT2D eigenvalue weighted by atomic mass is 9.92. The summed E-state index contributed by atoms with van der Waals surface area (Å²) >= 11 is 6.04. The number of nitrogens with zero attached hydrogens (tertiary/aromatic N) is 3. The van der Waals surface area contributed by atoms with Gasteiger partial charge in [0.1, 0.15) is 12.4 Å². The van der Waals surface area contributed by atoms with Gasteiger partial charge in [0.25, 0.3) is 0 Å². The van der Waals surface area contributed by atoms with Crippen molar-refractivity contribution in [3.05, 3.63) is 70.9 Å². The lowest BCUT2D eigenvalue weighted by Gasteiger charge is -2.23. The van der Waals surface area contributed by atoms with Gasteiger partial charge in [0.05, 0.1) is 11.4 Å².